The van der Waals surface area contributed by atoms with Crippen molar-refractivity contribution in [1.82, 2.24) is 0 Å². The zero-order valence-electron chi connectivity index (χ0n) is 9.76. The number of nitrogens with two attached hydrogens (primary N) is 1. The minimum absolute atomic E-state index is 0.174. The second kappa shape index (κ2) is 4.78. The van der Waals surface area contributed by atoms with Crippen molar-refractivity contribution in [3.05, 3.63) is 29.6 Å². The molecule has 0 bridgehead atoms. The fraction of sp³-hybridized carbons (Fsp3) is 0.500. The molecule has 90 valence electrons. The molecule has 1 aromatic carbocycles. The van der Waals surface area contributed by atoms with E-state index < -0.39 is 11.5 Å². The minimum Gasteiger partial charge on any atom is -0.496 e. The molecule has 0 aromatic heterocycles. The summed E-state index contributed by atoms with van der Waals surface area (Å²) in [4.78, 5) is 0. The van der Waals surface area contributed by atoms with Crippen molar-refractivity contribution in [2.75, 3.05) is 13.7 Å². The van der Waals surface area contributed by atoms with Crippen LogP contribution in [0.25, 0.3) is 0 Å². The summed E-state index contributed by atoms with van der Waals surface area (Å²) >= 11 is 0. The number of hydrogen-bond donors (Lipinski definition) is 1. The SMILES string of the molecule is COc1ccc(F)cc1C(F)(CN)C(C)C. The molecular weight excluding hydrogens is 212 g/mol. The van der Waals surface area contributed by atoms with Gasteiger partial charge in [-0.2, -0.15) is 0 Å². The number of ether oxygens (including phenoxy) is 1. The van der Waals surface area contributed by atoms with Crippen LogP contribution in [0.15, 0.2) is 18.2 Å². The molecule has 0 heterocycles. The lowest BCUT2D eigenvalue weighted by Gasteiger charge is -2.29. The predicted octanol–water partition coefficient (Wildman–Crippen LogP) is 2.61. The van der Waals surface area contributed by atoms with Crippen molar-refractivity contribution in [1.29, 1.82) is 0 Å². The average Bonchev–Trinajstić information content (AvgIpc) is 2.27. The highest BCUT2D eigenvalue weighted by atomic mass is 19.1. The van der Waals surface area contributed by atoms with Crippen molar-refractivity contribution in [3.8, 4) is 5.75 Å². The highest BCUT2D eigenvalue weighted by Gasteiger charge is 2.37. The van der Waals surface area contributed by atoms with Crippen LogP contribution >= 0.6 is 0 Å². The van der Waals surface area contributed by atoms with Gasteiger partial charge in [0.25, 0.3) is 0 Å². The van der Waals surface area contributed by atoms with Gasteiger partial charge in [0.05, 0.1) is 7.11 Å². The van der Waals surface area contributed by atoms with Gasteiger partial charge in [-0.05, 0) is 24.1 Å². The summed E-state index contributed by atoms with van der Waals surface area (Å²) in [6.07, 6.45) is 0. The van der Waals surface area contributed by atoms with Gasteiger partial charge in [0.2, 0.25) is 0 Å². The lowest BCUT2D eigenvalue weighted by Crippen LogP contribution is -2.36. The Balaban J connectivity index is 3.33. The van der Waals surface area contributed by atoms with Crippen LogP contribution in [0.4, 0.5) is 8.78 Å². The Morgan fingerprint density at radius 3 is 2.50 bits per heavy atom. The lowest BCUT2D eigenvalue weighted by atomic mass is 9.84. The summed E-state index contributed by atoms with van der Waals surface area (Å²) in [5.74, 6) is -0.525. The van der Waals surface area contributed by atoms with Gasteiger partial charge in [-0.1, -0.05) is 13.8 Å². The van der Waals surface area contributed by atoms with E-state index in [1.54, 1.807) is 13.8 Å². The summed E-state index contributed by atoms with van der Waals surface area (Å²) in [6, 6.07) is 3.79. The molecule has 16 heavy (non-hydrogen) atoms. The van der Waals surface area contributed by atoms with Crippen molar-refractivity contribution < 1.29 is 13.5 Å². The average molecular weight is 229 g/mol. The van der Waals surface area contributed by atoms with Crippen LogP contribution in [0.3, 0.4) is 0 Å². The molecule has 1 atom stereocenters. The van der Waals surface area contributed by atoms with Crippen LogP contribution in [0.1, 0.15) is 19.4 Å². The molecule has 0 aliphatic carbocycles. The molecule has 0 amide bonds. The van der Waals surface area contributed by atoms with Crippen molar-refractivity contribution >= 4 is 0 Å². The molecular formula is C12H17F2NO. The number of hydrogen-bond acceptors (Lipinski definition) is 2. The van der Waals surface area contributed by atoms with Gasteiger partial charge in [0.1, 0.15) is 11.6 Å². The van der Waals surface area contributed by atoms with E-state index in [4.69, 9.17) is 10.5 Å². The first-order valence-corrected chi connectivity index (χ1v) is 5.18. The van der Waals surface area contributed by atoms with Crippen LogP contribution in [0.2, 0.25) is 0 Å². The summed E-state index contributed by atoms with van der Waals surface area (Å²) in [6.45, 7) is 3.21. The predicted molar refractivity (Wildman–Crippen MR) is 59.6 cm³/mol. The van der Waals surface area contributed by atoms with E-state index in [9.17, 15) is 8.78 Å². The van der Waals surface area contributed by atoms with Crippen LogP contribution < -0.4 is 10.5 Å². The van der Waals surface area contributed by atoms with Gasteiger partial charge in [-0.15, -0.1) is 0 Å². The Labute approximate surface area is 94.4 Å². The number of benzene rings is 1. The third-order valence-corrected chi connectivity index (χ3v) is 2.82. The highest BCUT2D eigenvalue weighted by molar-refractivity contribution is 5.39. The van der Waals surface area contributed by atoms with E-state index in [1.165, 1.54) is 19.2 Å². The van der Waals surface area contributed by atoms with Crippen LogP contribution in [0, 0.1) is 11.7 Å². The Morgan fingerprint density at radius 1 is 1.44 bits per heavy atom. The zero-order valence-corrected chi connectivity index (χ0v) is 9.76. The molecule has 4 heteroatoms. The Morgan fingerprint density at radius 2 is 2.06 bits per heavy atom. The first kappa shape index (κ1) is 12.9. The normalized spacial score (nSPS) is 14.9. The van der Waals surface area contributed by atoms with Crippen LogP contribution in [-0.4, -0.2) is 13.7 Å². The molecule has 0 spiro atoms. The van der Waals surface area contributed by atoms with Crippen molar-refractivity contribution in [2.24, 2.45) is 11.7 Å². The second-order valence-electron chi connectivity index (χ2n) is 4.07. The Hall–Kier alpha value is -1.16. The molecule has 1 unspecified atom stereocenters. The standard InChI is InChI=1S/C12H17F2NO/c1-8(2)12(14,7-15)10-6-9(13)4-5-11(10)16-3/h4-6,8H,7,15H2,1-3H3. The highest BCUT2D eigenvalue weighted by Crippen LogP contribution is 2.38. The lowest BCUT2D eigenvalue weighted by molar-refractivity contribution is 0.105. The van der Waals surface area contributed by atoms with E-state index in [0.717, 1.165) is 6.07 Å². The van der Waals surface area contributed by atoms with E-state index in [2.05, 4.69) is 0 Å². The molecule has 1 rings (SSSR count). The zero-order chi connectivity index (χ0) is 12.3. The molecule has 1 aromatic rings. The maximum absolute atomic E-state index is 14.6. The number of halogens is 2. The fourth-order valence-electron chi connectivity index (χ4n) is 1.66. The number of rotatable bonds is 4. The minimum atomic E-state index is -1.77. The molecule has 0 aliphatic rings. The summed E-state index contributed by atoms with van der Waals surface area (Å²) in [5, 5.41) is 0. The van der Waals surface area contributed by atoms with Gasteiger partial charge < -0.3 is 10.5 Å². The van der Waals surface area contributed by atoms with E-state index in [1.807, 2.05) is 0 Å². The smallest absolute Gasteiger partial charge is 0.154 e. The molecule has 0 radical (unpaired) electrons. The molecule has 0 saturated heterocycles. The summed E-state index contributed by atoms with van der Waals surface area (Å²) in [7, 11) is 1.42. The third kappa shape index (κ3) is 2.16. The first-order chi connectivity index (χ1) is 7.45. The summed E-state index contributed by atoms with van der Waals surface area (Å²) in [5.41, 5.74) is 3.86. The van der Waals surface area contributed by atoms with E-state index in [-0.39, 0.29) is 18.0 Å². The van der Waals surface area contributed by atoms with E-state index >= 15 is 0 Å². The van der Waals surface area contributed by atoms with Crippen molar-refractivity contribution in [3.63, 3.8) is 0 Å². The van der Waals surface area contributed by atoms with Gasteiger partial charge >= 0.3 is 0 Å². The largest absolute Gasteiger partial charge is 0.496 e. The third-order valence-electron chi connectivity index (χ3n) is 2.82. The topological polar surface area (TPSA) is 35.2 Å². The van der Waals surface area contributed by atoms with Gasteiger partial charge in [0, 0.05) is 12.1 Å². The maximum Gasteiger partial charge on any atom is 0.154 e. The quantitative estimate of drug-likeness (QED) is 0.861. The maximum atomic E-state index is 14.6. The van der Waals surface area contributed by atoms with Gasteiger partial charge in [-0.3, -0.25) is 0 Å². The number of methoxy groups -OCH3 is 1. The van der Waals surface area contributed by atoms with Crippen molar-refractivity contribution in [2.45, 2.75) is 19.5 Å². The summed E-state index contributed by atoms with van der Waals surface area (Å²) < 4.78 is 32.8. The van der Waals surface area contributed by atoms with Gasteiger partial charge in [0.15, 0.2) is 5.67 Å². The Bertz CT molecular complexity index is 368. The molecule has 0 saturated carbocycles. The van der Waals surface area contributed by atoms with Gasteiger partial charge in [-0.25, -0.2) is 8.78 Å². The van der Waals surface area contributed by atoms with Crippen LogP contribution in [0.5, 0.6) is 5.75 Å². The van der Waals surface area contributed by atoms with Crippen LogP contribution in [-0.2, 0) is 5.67 Å². The number of alkyl halides is 1. The first-order valence-electron chi connectivity index (χ1n) is 5.18. The molecule has 0 fully saturated rings. The second-order valence-corrected chi connectivity index (χ2v) is 4.07. The molecule has 2 nitrogen and oxygen atoms in total. The fourth-order valence-corrected chi connectivity index (χ4v) is 1.66. The molecule has 0 aliphatic heterocycles. The molecule has 2 N–H and O–H groups in total. The Kier molecular flexibility index (Phi) is 3.86. The monoisotopic (exact) mass is 229 g/mol. The van der Waals surface area contributed by atoms with E-state index in [0.29, 0.717) is 5.75 Å².